The fourth-order valence-corrected chi connectivity index (χ4v) is 5.20. The van der Waals surface area contributed by atoms with Crippen molar-refractivity contribution in [1.29, 1.82) is 0 Å². The van der Waals surface area contributed by atoms with E-state index in [1.54, 1.807) is 41.2 Å². The van der Waals surface area contributed by atoms with Gasteiger partial charge in [-0.15, -0.1) is 0 Å². The topological polar surface area (TPSA) is 148 Å². The predicted octanol–water partition coefficient (Wildman–Crippen LogP) is 3.90. The molecule has 0 spiro atoms. The van der Waals surface area contributed by atoms with Crippen molar-refractivity contribution in [2.75, 3.05) is 12.0 Å². The molecule has 0 bridgehead atoms. The van der Waals surface area contributed by atoms with E-state index >= 15 is 0 Å². The number of imidazole rings is 1. The number of benzene rings is 3. The number of carbonyl (C=O) groups is 2. The Bertz CT molecular complexity index is 1710. The number of amides is 1. The van der Waals surface area contributed by atoms with Gasteiger partial charge in [0.1, 0.15) is 46.0 Å². The number of hydrogen-bond donors (Lipinski definition) is 3. The van der Waals surface area contributed by atoms with Crippen LogP contribution in [-0.2, 0) is 39.1 Å². The number of rotatable bonds is 14. The molecule has 3 aromatic carbocycles. The average Bonchev–Trinajstić information content (AvgIpc) is 3.44. The Morgan fingerprint density at radius 2 is 1.68 bits per heavy atom. The van der Waals surface area contributed by atoms with Gasteiger partial charge in [-0.1, -0.05) is 30.3 Å². The molecule has 0 saturated heterocycles. The van der Waals surface area contributed by atoms with Gasteiger partial charge in [0.2, 0.25) is 0 Å². The molecule has 0 radical (unpaired) electrons. The van der Waals surface area contributed by atoms with Gasteiger partial charge in [0.25, 0.3) is 5.91 Å². The van der Waals surface area contributed by atoms with E-state index in [0.717, 1.165) is 6.26 Å². The first-order valence-corrected chi connectivity index (χ1v) is 15.6. The molecular formula is C31H31F2N3O7S. The number of nitrogens with zero attached hydrogens (tertiary/aromatic N) is 2. The molecule has 0 saturated carbocycles. The third kappa shape index (κ3) is 8.78. The number of ether oxygens (including phenoxy) is 1. The summed E-state index contributed by atoms with van der Waals surface area (Å²) in [6, 6.07) is 14.5. The van der Waals surface area contributed by atoms with E-state index < -0.39 is 51.2 Å². The molecule has 1 unspecified atom stereocenters. The molecule has 0 fully saturated rings. The van der Waals surface area contributed by atoms with Crippen LogP contribution >= 0.6 is 0 Å². The molecule has 13 heteroatoms. The molecule has 2 atom stereocenters. The summed E-state index contributed by atoms with van der Waals surface area (Å²) in [5.41, 5.74) is 2.22. The summed E-state index contributed by atoms with van der Waals surface area (Å²) in [7, 11) is -3.47. The van der Waals surface area contributed by atoms with Crippen LogP contribution in [0.4, 0.5) is 8.78 Å². The van der Waals surface area contributed by atoms with E-state index in [1.165, 1.54) is 42.5 Å². The van der Waals surface area contributed by atoms with Crippen molar-refractivity contribution in [3.05, 3.63) is 113 Å². The van der Waals surface area contributed by atoms with Crippen molar-refractivity contribution >= 4 is 21.7 Å². The summed E-state index contributed by atoms with van der Waals surface area (Å²) in [6.07, 6.45) is 3.30. The molecule has 4 rings (SSSR count). The average molecular weight is 628 g/mol. The maximum Gasteiger partial charge on any atom is 0.326 e. The highest BCUT2D eigenvalue weighted by Gasteiger charge is 2.24. The molecule has 4 aromatic rings. The fraction of sp³-hybridized carbons (Fsp3) is 0.258. The van der Waals surface area contributed by atoms with Crippen LogP contribution in [0.5, 0.6) is 0 Å². The Hall–Kier alpha value is -4.46. The molecule has 1 heterocycles. The van der Waals surface area contributed by atoms with Gasteiger partial charge in [0.15, 0.2) is 0 Å². The summed E-state index contributed by atoms with van der Waals surface area (Å²) in [5.74, 6) is -3.05. The highest BCUT2D eigenvalue weighted by molar-refractivity contribution is 7.90. The van der Waals surface area contributed by atoms with Gasteiger partial charge in [-0.25, -0.2) is 27.0 Å². The lowest BCUT2D eigenvalue weighted by molar-refractivity contribution is -0.139. The van der Waals surface area contributed by atoms with Gasteiger partial charge >= 0.3 is 5.97 Å². The van der Waals surface area contributed by atoms with Gasteiger partial charge < -0.3 is 24.8 Å². The lowest BCUT2D eigenvalue weighted by Gasteiger charge is -2.21. The van der Waals surface area contributed by atoms with E-state index in [2.05, 4.69) is 10.3 Å². The highest BCUT2D eigenvalue weighted by atomic mass is 32.2. The zero-order valence-electron chi connectivity index (χ0n) is 23.7. The SMILES string of the molecule is CS(=O)(=O)CC[C@H](NC(=O)c1ccc(COC(Cn2ccnc2CO)c2ccc(F)cc2)cc1-c1ccc(F)cc1)C(=O)O. The van der Waals surface area contributed by atoms with Crippen LogP contribution < -0.4 is 5.32 Å². The summed E-state index contributed by atoms with van der Waals surface area (Å²) in [6.45, 7) is 0.00891. The molecule has 0 aliphatic carbocycles. The Kier molecular flexibility index (Phi) is 10.6. The molecule has 1 amide bonds. The normalized spacial score (nSPS) is 12.9. The Morgan fingerprint density at radius 1 is 1.02 bits per heavy atom. The van der Waals surface area contributed by atoms with Crippen molar-refractivity contribution in [2.24, 2.45) is 0 Å². The number of hydrogen-bond acceptors (Lipinski definition) is 7. The molecule has 0 aliphatic rings. The van der Waals surface area contributed by atoms with Crippen LogP contribution in [-0.4, -0.2) is 58.1 Å². The summed E-state index contributed by atoms with van der Waals surface area (Å²) >= 11 is 0. The third-order valence-corrected chi connectivity index (χ3v) is 7.84. The number of carboxylic acid groups (broad SMARTS) is 1. The van der Waals surface area contributed by atoms with E-state index in [-0.39, 0.29) is 31.7 Å². The molecule has 44 heavy (non-hydrogen) atoms. The molecule has 3 N–H and O–H groups in total. The minimum atomic E-state index is -3.47. The summed E-state index contributed by atoms with van der Waals surface area (Å²) < 4.78 is 58.5. The van der Waals surface area contributed by atoms with Crippen LogP contribution in [0.15, 0.2) is 79.1 Å². The van der Waals surface area contributed by atoms with Crippen LogP contribution in [0.3, 0.4) is 0 Å². The van der Waals surface area contributed by atoms with Crippen LogP contribution in [0.1, 0.15) is 39.8 Å². The summed E-state index contributed by atoms with van der Waals surface area (Å²) in [4.78, 5) is 29.2. The minimum Gasteiger partial charge on any atom is -0.480 e. The maximum absolute atomic E-state index is 13.7. The maximum atomic E-state index is 13.7. The number of halogens is 2. The van der Waals surface area contributed by atoms with Crippen LogP contribution in [0.2, 0.25) is 0 Å². The van der Waals surface area contributed by atoms with E-state index in [4.69, 9.17) is 4.74 Å². The van der Waals surface area contributed by atoms with Crippen molar-refractivity contribution in [1.82, 2.24) is 14.9 Å². The Morgan fingerprint density at radius 3 is 2.30 bits per heavy atom. The van der Waals surface area contributed by atoms with E-state index in [1.807, 2.05) is 0 Å². The predicted molar refractivity (Wildman–Crippen MR) is 157 cm³/mol. The Labute approximate surface area is 252 Å². The van der Waals surface area contributed by atoms with Crippen molar-refractivity contribution < 1.29 is 41.7 Å². The minimum absolute atomic E-state index is 0.0351. The zero-order chi connectivity index (χ0) is 31.9. The standard InChI is InChI=1S/C31H31F2N3O7S/c1-44(41,42)15-12-27(31(39)40)35-30(38)25-11-2-20(16-26(25)21-3-7-23(32)8-4-21)19-43-28(22-5-9-24(33)10-6-22)17-36-14-13-34-29(36)18-37/h2-11,13-14,16,27-28,37H,12,15,17-19H2,1H3,(H,35,38)(H,39,40)/t27-,28?/m0/s1. The number of aliphatic hydroxyl groups is 1. The first kappa shape index (κ1) is 32.5. The lowest BCUT2D eigenvalue weighted by Crippen LogP contribution is -2.42. The molecule has 10 nitrogen and oxygen atoms in total. The number of aliphatic hydroxyl groups excluding tert-OH is 1. The number of aliphatic carboxylic acids is 1. The largest absolute Gasteiger partial charge is 0.480 e. The first-order chi connectivity index (χ1) is 20.9. The monoisotopic (exact) mass is 627 g/mol. The van der Waals surface area contributed by atoms with Crippen LogP contribution in [0, 0.1) is 11.6 Å². The molecule has 0 aliphatic heterocycles. The quantitative estimate of drug-likeness (QED) is 0.191. The van der Waals surface area contributed by atoms with Crippen molar-refractivity contribution in [3.8, 4) is 11.1 Å². The third-order valence-electron chi connectivity index (χ3n) is 6.86. The molecule has 232 valence electrons. The van der Waals surface area contributed by atoms with E-state index in [9.17, 15) is 37.0 Å². The number of aromatic nitrogens is 2. The number of carboxylic acids is 1. The zero-order valence-corrected chi connectivity index (χ0v) is 24.5. The first-order valence-electron chi connectivity index (χ1n) is 13.5. The van der Waals surface area contributed by atoms with Gasteiger partial charge in [-0.2, -0.15) is 0 Å². The van der Waals surface area contributed by atoms with Gasteiger partial charge in [-0.05, 0) is 65.1 Å². The lowest BCUT2D eigenvalue weighted by atomic mass is 9.96. The van der Waals surface area contributed by atoms with Crippen molar-refractivity contribution in [3.63, 3.8) is 0 Å². The second-order valence-corrected chi connectivity index (χ2v) is 12.4. The summed E-state index contributed by atoms with van der Waals surface area (Å²) in [5, 5.41) is 21.6. The second-order valence-electron chi connectivity index (χ2n) is 10.2. The van der Waals surface area contributed by atoms with Crippen molar-refractivity contribution in [2.45, 2.75) is 38.3 Å². The van der Waals surface area contributed by atoms with Gasteiger partial charge in [0, 0.05) is 24.2 Å². The number of sulfone groups is 1. The second kappa shape index (κ2) is 14.3. The van der Waals surface area contributed by atoms with Gasteiger partial charge in [-0.3, -0.25) is 4.79 Å². The molecular weight excluding hydrogens is 596 g/mol. The van der Waals surface area contributed by atoms with Crippen LogP contribution in [0.25, 0.3) is 11.1 Å². The van der Waals surface area contributed by atoms with Gasteiger partial charge in [0.05, 0.1) is 18.9 Å². The number of carbonyl (C=O) groups excluding carboxylic acids is 1. The number of nitrogens with one attached hydrogen (secondary N) is 1. The Balaban J connectivity index is 1.62. The van der Waals surface area contributed by atoms with E-state index in [0.29, 0.717) is 28.1 Å². The molecule has 1 aromatic heterocycles. The highest BCUT2D eigenvalue weighted by Crippen LogP contribution is 2.28. The smallest absolute Gasteiger partial charge is 0.326 e. The fourth-order valence-electron chi connectivity index (χ4n) is 4.54.